The molecule has 2 saturated heterocycles. The number of aliphatic carboxylic acids is 1. The van der Waals surface area contributed by atoms with E-state index in [-0.39, 0.29) is 43.0 Å². The van der Waals surface area contributed by atoms with Crippen molar-refractivity contribution in [3.05, 3.63) is 129 Å². The van der Waals surface area contributed by atoms with E-state index < -0.39 is 5.97 Å². The monoisotopic (exact) mass is 944 g/mol. The number of nitrogens with one attached hydrogen (secondary N) is 2. The molecular formula is C51H54Cl2N8O6. The van der Waals surface area contributed by atoms with Crippen LogP contribution in [0.3, 0.4) is 0 Å². The number of carboxylic acids is 1. The Labute approximate surface area is 400 Å². The van der Waals surface area contributed by atoms with E-state index >= 15 is 0 Å². The van der Waals surface area contributed by atoms with Crippen LogP contribution in [0.25, 0.3) is 28.2 Å². The zero-order valence-corrected chi connectivity index (χ0v) is 38.9. The van der Waals surface area contributed by atoms with E-state index in [1.54, 1.807) is 24.2 Å². The average Bonchev–Trinajstić information content (AvgIpc) is 4.13. The van der Waals surface area contributed by atoms with E-state index in [4.69, 9.17) is 47.4 Å². The molecule has 3 atom stereocenters. The van der Waals surface area contributed by atoms with Crippen molar-refractivity contribution in [2.24, 2.45) is 0 Å². The van der Waals surface area contributed by atoms with Gasteiger partial charge in [-0.2, -0.15) is 10.1 Å². The summed E-state index contributed by atoms with van der Waals surface area (Å²) in [5, 5.41) is 21.0. The second-order valence-electron chi connectivity index (χ2n) is 17.4. The number of hydrogen-bond donors (Lipinski definition) is 3. The number of rotatable bonds is 19. The van der Waals surface area contributed by atoms with Crippen LogP contribution in [0.15, 0.2) is 91.4 Å². The number of carboxylic acid groups (broad SMARTS) is 1. The number of benzene rings is 2. The first-order chi connectivity index (χ1) is 32.7. The number of piperidine rings is 1. The van der Waals surface area contributed by atoms with Crippen molar-refractivity contribution in [2.45, 2.75) is 102 Å². The molecule has 0 spiro atoms. The van der Waals surface area contributed by atoms with Crippen molar-refractivity contribution in [1.29, 1.82) is 0 Å². The molecule has 6 aromatic rings. The van der Waals surface area contributed by atoms with Gasteiger partial charge in [0.15, 0.2) is 5.82 Å². The lowest BCUT2D eigenvalue weighted by Gasteiger charge is -2.36. The van der Waals surface area contributed by atoms with Crippen molar-refractivity contribution in [3.63, 3.8) is 0 Å². The molecule has 0 saturated carbocycles. The predicted octanol–water partition coefficient (Wildman–Crippen LogP) is 9.33. The van der Waals surface area contributed by atoms with Gasteiger partial charge in [-0.05, 0) is 92.4 Å². The highest BCUT2D eigenvalue weighted by atomic mass is 35.5. The van der Waals surface area contributed by atoms with Crippen LogP contribution >= 0.6 is 23.2 Å². The standard InChI is InChI=1S/C51H54Cl2N8O6/c1-65-49-33(28-54-29-35-17-22-46(62)57-35)16-19-43(58-49)41-13-6-12-40(48(41)53)37-10-5-11-39-38(37)18-20-44(39)67-51-42(52)26-34(30-60-24-3-2-8-36(60)9-4-14-47(63)64)50(59-51)66-31-32-15-21-45(55-27-32)61-25-7-23-56-61/h5-7,10-13,15-16,19,21,23,25-27,35-36,44,54H,2-4,8-9,14,17-18,20,22,24,28-31H2,1H3,(H,57,62)(H,63,64)/t35-,36?,44-/m0/s1. The minimum Gasteiger partial charge on any atom is -0.481 e. The first-order valence-electron chi connectivity index (χ1n) is 23.1. The van der Waals surface area contributed by atoms with Gasteiger partial charge in [0.1, 0.15) is 17.7 Å². The van der Waals surface area contributed by atoms with Gasteiger partial charge < -0.3 is 30.0 Å². The largest absolute Gasteiger partial charge is 0.481 e. The number of pyridine rings is 3. The highest BCUT2D eigenvalue weighted by molar-refractivity contribution is 6.36. The summed E-state index contributed by atoms with van der Waals surface area (Å²) in [5.41, 5.74) is 8.19. The number of fused-ring (bicyclic) bond motifs is 1. The van der Waals surface area contributed by atoms with Crippen LogP contribution in [0.4, 0.5) is 0 Å². The first-order valence-corrected chi connectivity index (χ1v) is 23.8. The number of aromatic nitrogens is 5. The molecule has 3 N–H and O–H groups in total. The van der Waals surface area contributed by atoms with Crippen molar-refractivity contribution < 1.29 is 28.9 Å². The van der Waals surface area contributed by atoms with Crippen molar-refractivity contribution in [1.82, 2.24) is 40.3 Å². The molecule has 2 aromatic carbocycles. The van der Waals surface area contributed by atoms with E-state index in [0.29, 0.717) is 72.2 Å². The van der Waals surface area contributed by atoms with Crippen LogP contribution in [0.2, 0.25) is 10.0 Å². The van der Waals surface area contributed by atoms with Gasteiger partial charge in [0, 0.05) is 91.0 Å². The number of halogens is 2. The van der Waals surface area contributed by atoms with Gasteiger partial charge in [-0.3, -0.25) is 14.5 Å². The van der Waals surface area contributed by atoms with Gasteiger partial charge >= 0.3 is 5.97 Å². The van der Waals surface area contributed by atoms with Gasteiger partial charge in [-0.25, -0.2) is 14.6 Å². The van der Waals surface area contributed by atoms with Gasteiger partial charge in [0.2, 0.25) is 23.5 Å². The number of methoxy groups -OCH3 is 1. The molecule has 2 fully saturated rings. The number of amides is 1. The lowest BCUT2D eigenvalue weighted by atomic mass is 9.94. The van der Waals surface area contributed by atoms with Crippen LogP contribution in [0.5, 0.6) is 17.6 Å². The molecule has 67 heavy (non-hydrogen) atoms. The fraction of sp³-hybridized carbons (Fsp3) is 0.373. The Kier molecular flexibility index (Phi) is 14.6. The number of carbonyl (C=O) groups excluding carboxylic acids is 1. The van der Waals surface area contributed by atoms with Crippen LogP contribution in [0.1, 0.15) is 91.7 Å². The third-order valence-corrected chi connectivity index (χ3v) is 13.6. The van der Waals surface area contributed by atoms with Gasteiger partial charge in [-0.1, -0.05) is 78.2 Å². The maximum absolute atomic E-state index is 11.6. The quantitative estimate of drug-likeness (QED) is 0.0706. The molecule has 1 unspecified atom stereocenters. The minimum absolute atomic E-state index is 0.0959. The summed E-state index contributed by atoms with van der Waals surface area (Å²) in [6, 6.07) is 24.2. The summed E-state index contributed by atoms with van der Waals surface area (Å²) in [5.74, 6) is 1.25. The summed E-state index contributed by atoms with van der Waals surface area (Å²) in [7, 11) is 1.61. The topological polar surface area (TPSA) is 166 Å². The summed E-state index contributed by atoms with van der Waals surface area (Å²) >= 11 is 14.4. The molecular weight excluding hydrogens is 892 g/mol. The average molecular weight is 946 g/mol. The minimum atomic E-state index is -0.772. The summed E-state index contributed by atoms with van der Waals surface area (Å²) in [6.45, 7) is 2.88. The van der Waals surface area contributed by atoms with E-state index in [0.717, 1.165) is 89.6 Å². The van der Waals surface area contributed by atoms with Crippen LogP contribution in [-0.4, -0.2) is 78.9 Å². The lowest BCUT2D eigenvalue weighted by molar-refractivity contribution is -0.137. The SMILES string of the molecule is COc1nc(-c2cccc(-c3cccc4c3CC[C@@H]4Oc3nc(OCc4ccc(-n5cccn5)nc4)c(CN4CCCCC4CCCC(=O)O)cc3Cl)c2Cl)ccc1CNC[C@@H]1CCC(=O)N1. The Morgan fingerprint density at radius 2 is 1.79 bits per heavy atom. The van der Waals surface area contributed by atoms with Crippen LogP contribution in [-0.2, 0) is 35.7 Å². The molecule has 3 aliphatic rings. The van der Waals surface area contributed by atoms with Gasteiger partial charge in [0.05, 0.1) is 17.8 Å². The molecule has 1 amide bonds. The molecule has 1 aliphatic carbocycles. The zero-order valence-electron chi connectivity index (χ0n) is 37.4. The molecule has 348 valence electrons. The number of carbonyl (C=O) groups is 2. The molecule has 2 aliphatic heterocycles. The fourth-order valence-corrected chi connectivity index (χ4v) is 10.1. The Balaban J connectivity index is 0.946. The molecule has 9 rings (SSSR count). The third kappa shape index (κ3) is 10.9. The smallest absolute Gasteiger partial charge is 0.303 e. The molecule has 6 heterocycles. The molecule has 4 aromatic heterocycles. The molecule has 16 heteroatoms. The molecule has 14 nitrogen and oxygen atoms in total. The predicted molar refractivity (Wildman–Crippen MR) is 256 cm³/mol. The maximum Gasteiger partial charge on any atom is 0.303 e. The zero-order chi connectivity index (χ0) is 46.3. The van der Waals surface area contributed by atoms with Crippen molar-refractivity contribution >= 4 is 35.1 Å². The third-order valence-electron chi connectivity index (χ3n) is 12.9. The number of ether oxygens (including phenoxy) is 3. The highest BCUT2D eigenvalue weighted by Crippen LogP contribution is 2.45. The van der Waals surface area contributed by atoms with E-state index in [2.05, 4.69) is 37.7 Å². The van der Waals surface area contributed by atoms with Crippen LogP contribution < -0.4 is 24.8 Å². The van der Waals surface area contributed by atoms with Gasteiger partial charge in [-0.15, -0.1) is 0 Å². The van der Waals surface area contributed by atoms with E-state index in [1.165, 1.54) is 0 Å². The van der Waals surface area contributed by atoms with Crippen LogP contribution in [0, 0.1) is 0 Å². The second kappa shape index (κ2) is 21.3. The Hall–Kier alpha value is -6.06. The Morgan fingerprint density at radius 3 is 2.58 bits per heavy atom. The second-order valence-corrected chi connectivity index (χ2v) is 18.2. The lowest BCUT2D eigenvalue weighted by Crippen LogP contribution is -2.39. The Bertz CT molecular complexity index is 2700. The first kappa shape index (κ1) is 46.1. The highest BCUT2D eigenvalue weighted by Gasteiger charge is 2.30. The molecule has 0 bridgehead atoms. The Morgan fingerprint density at radius 1 is 0.925 bits per heavy atom. The fourth-order valence-electron chi connectivity index (χ4n) is 9.52. The van der Waals surface area contributed by atoms with E-state index in [1.807, 2.05) is 66.9 Å². The van der Waals surface area contributed by atoms with E-state index in [9.17, 15) is 14.7 Å². The maximum atomic E-state index is 11.6. The number of hydrogen-bond acceptors (Lipinski definition) is 11. The molecule has 0 radical (unpaired) electrons. The number of likely N-dealkylation sites (tertiary alicyclic amines) is 1. The van der Waals surface area contributed by atoms with Crippen molar-refractivity contribution in [3.8, 4) is 45.8 Å². The number of nitrogens with zero attached hydrogens (tertiary/aromatic N) is 6. The summed E-state index contributed by atoms with van der Waals surface area (Å²) in [4.78, 5) is 39.8. The normalized spacial score (nSPS) is 18.1. The van der Waals surface area contributed by atoms with Gasteiger partial charge in [0.25, 0.3) is 0 Å². The summed E-state index contributed by atoms with van der Waals surface area (Å²) in [6.07, 6.45) is 12.6. The van der Waals surface area contributed by atoms with Crippen molar-refractivity contribution in [2.75, 3.05) is 20.2 Å². The summed E-state index contributed by atoms with van der Waals surface area (Å²) < 4.78 is 20.7.